The van der Waals surface area contributed by atoms with E-state index in [4.69, 9.17) is 0 Å². The van der Waals surface area contributed by atoms with Crippen molar-refractivity contribution < 1.29 is 4.79 Å². The molecule has 1 saturated carbocycles. The average Bonchev–Trinajstić information content (AvgIpc) is 2.43. The van der Waals surface area contributed by atoms with Gasteiger partial charge in [-0.3, -0.25) is 4.79 Å². The normalized spacial score (nSPS) is 26.5. The average molecular weight is 302 g/mol. The van der Waals surface area contributed by atoms with Crippen LogP contribution in [0.25, 0.3) is 0 Å². The van der Waals surface area contributed by atoms with E-state index in [1.54, 1.807) is 0 Å². The molecule has 0 aliphatic heterocycles. The van der Waals surface area contributed by atoms with Gasteiger partial charge in [0.25, 0.3) is 0 Å². The number of hydrogen-bond donors (Lipinski definition) is 2. The molecule has 4 unspecified atom stereocenters. The van der Waals surface area contributed by atoms with Crippen molar-refractivity contribution in [2.24, 2.45) is 11.8 Å². The number of amides is 1. The first-order valence-electron chi connectivity index (χ1n) is 8.58. The Kier molecular flexibility index (Phi) is 6.01. The number of hydrogen-bond acceptors (Lipinski definition) is 2. The lowest BCUT2D eigenvalue weighted by Crippen LogP contribution is -2.45. The number of rotatable bonds is 5. The first-order chi connectivity index (χ1) is 10.5. The summed E-state index contributed by atoms with van der Waals surface area (Å²) in [5.74, 6) is 1.55. The number of carbonyl (C=O) groups is 1. The predicted molar refractivity (Wildman–Crippen MR) is 93.0 cm³/mol. The molecule has 2 rings (SSSR count). The van der Waals surface area contributed by atoms with Crippen molar-refractivity contribution in [2.75, 3.05) is 5.32 Å². The van der Waals surface area contributed by atoms with Crippen LogP contribution in [0.4, 0.5) is 5.69 Å². The van der Waals surface area contributed by atoms with Gasteiger partial charge in [0.05, 0.1) is 0 Å². The standard InChI is InChI=1S/C19H30N2O/c1-13-7-5-9-17(11-13)21-19(22)12-15(3)20-18-10-6-8-14(2)16(18)4/h5,7,9,11,14-16,18,20H,6,8,10,12H2,1-4H3,(H,21,22). The Morgan fingerprint density at radius 2 is 2.09 bits per heavy atom. The van der Waals surface area contributed by atoms with E-state index in [0.717, 1.165) is 17.2 Å². The summed E-state index contributed by atoms with van der Waals surface area (Å²) in [4.78, 5) is 12.2. The number of carbonyl (C=O) groups excluding carboxylic acids is 1. The van der Waals surface area contributed by atoms with Crippen LogP contribution in [0.15, 0.2) is 24.3 Å². The molecule has 1 fully saturated rings. The first-order valence-corrected chi connectivity index (χ1v) is 8.58. The molecule has 1 amide bonds. The Morgan fingerprint density at radius 3 is 2.82 bits per heavy atom. The van der Waals surface area contributed by atoms with Crippen LogP contribution in [0.1, 0.15) is 52.0 Å². The number of benzene rings is 1. The Balaban J connectivity index is 1.81. The van der Waals surface area contributed by atoms with Crippen molar-refractivity contribution in [1.29, 1.82) is 0 Å². The summed E-state index contributed by atoms with van der Waals surface area (Å²) in [5, 5.41) is 6.66. The highest BCUT2D eigenvalue weighted by Gasteiger charge is 2.28. The zero-order valence-corrected chi connectivity index (χ0v) is 14.4. The maximum atomic E-state index is 12.2. The molecule has 0 radical (unpaired) electrons. The second-order valence-electron chi connectivity index (χ2n) is 7.06. The second-order valence-corrected chi connectivity index (χ2v) is 7.06. The molecule has 1 aliphatic carbocycles. The molecule has 4 atom stereocenters. The highest BCUT2D eigenvalue weighted by Crippen LogP contribution is 2.29. The summed E-state index contributed by atoms with van der Waals surface area (Å²) in [7, 11) is 0. The largest absolute Gasteiger partial charge is 0.326 e. The van der Waals surface area contributed by atoms with Crippen LogP contribution in [0.5, 0.6) is 0 Å². The first kappa shape index (κ1) is 17.0. The fraction of sp³-hybridized carbons (Fsp3) is 0.632. The maximum absolute atomic E-state index is 12.2. The molecule has 3 nitrogen and oxygen atoms in total. The van der Waals surface area contributed by atoms with E-state index >= 15 is 0 Å². The minimum atomic E-state index is 0.0853. The van der Waals surface area contributed by atoms with Crippen LogP contribution in [0.3, 0.4) is 0 Å². The topological polar surface area (TPSA) is 41.1 Å². The van der Waals surface area contributed by atoms with Crippen molar-refractivity contribution in [3.8, 4) is 0 Å². The van der Waals surface area contributed by atoms with Gasteiger partial charge in [-0.25, -0.2) is 0 Å². The van der Waals surface area contributed by atoms with E-state index < -0.39 is 0 Å². The van der Waals surface area contributed by atoms with Gasteiger partial charge >= 0.3 is 0 Å². The quantitative estimate of drug-likeness (QED) is 0.859. The van der Waals surface area contributed by atoms with Crippen LogP contribution in [0, 0.1) is 18.8 Å². The van der Waals surface area contributed by atoms with Crippen LogP contribution >= 0.6 is 0 Å². The second kappa shape index (κ2) is 7.77. The summed E-state index contributed by atoms with van der Waals surface area (Å²) < 4.78 is 0. The smallest absolute Gasteiger partial charge is 0.225 e. The molecule has 0 spiro atoms. The van der Waals surface area contributed by atoms with Gasteiger partial charge in [-0.05, 0) is 49.8 Å². The van der Waals surface area contributed by atoms with E-state index in [2.05, 4.69) is 31.4 Å². The minimum Gasteiger partial charge on any atom is -0.326 e. The monoisotopic (exact) mass is 302 g/mol. The molecule has 0 heterocycles. The van der Waals surface area contributed by atoms with E-state index in [0.29, 0.717) is 18.4 Å². The van der Waals surface area contributed by atoms with Crippen LogP contribution < -0.4 is 10.6 Å². The van der Waals surface area contributed by atoms with Gasteiger partial charge in [-0.2, -0.15) is 0 Å². The maximum Gasteiger partial charge on any atom is 0.225 e. The van der Waals surface area contributed by atoms with Crippen LogP contribution in [-0.4, -0.2) is 18.0 Å². The summed E-state index contributed by atoms with van der Waals surface area (Å²) >= 11 is 0. The predicted octanol–water partition coefficient (Wildman–Crippen LogP) is 4.13. The zero-order chi connectivity index (χ0) is 16.1. The van der Waals surface area contributed by atoms with Crippen molar-refractivity contribution in [3.63, 3.8) is 0 Å². The Morgan fingerprint density at radius 1 is 1.32 bits per heavy atom. The Hall–Kier alpha value is -1.35. The third-order valence-electron chi connectivity index (χ3n) is 5.00. The van der Waals surface area contributed by atoms with Crippen LogP contribution in [0.2, 0.25) is 0 Å². The summed E-state index contributed by atoms with van der Waals surface area (Å²) in [6.45, 7) is 8.82. The van der Waals surface area contributed by atoms with Gasteiger partial charge in [0.15, 0.2) is 0 Å². The molecule has 3 heteroatoms. The molecule has 0 bridgehead atoms. The minimum absolute atomic E-state index is 0.0853. The van der Waals surface area contributed by atoms with Gasteiger partial charge in [-0.15, -0.1) is 0 Å². The van der Waals surface area contributed by atoms with Gasteiger partial charge in [-0.1, -0.05) is 38.8 Å². The number of nitrogens with one attached hydrogen (secondary N) is 2. The highest BCUT2D eigenvalue weighted by atomic mass is 16.1. The molecule has 122 valence electrons. The third-order valence-corrected chi connectivity index (χ3v) is 5.00. The SMILES string of the molecule is Cc1cccc(NC(=O)CC(C)NC2CCCC(C)C2C)c1. The molecule has 1 aromatic carbocycles. The summed E-state index contributed by atoms with van der Waals surface area (Å²) in [6.07, 6.45) is 4.38. The van der Waals surface area contributed by atoms with E-state index in [9.17, 15) is 4.79 Å². The van der Waals surface area contributed by atoms with Crippen molar-refractivity contribution in [1.82, 2.24) is 5.32 Å². The van der Waals surface area contributed by atoms with Gasteiger partial charge in [0.2, 0.25) is 5.91 Å². The molecule has 22 heavy (non-hydrogen) atoms. The number of aryl methyl sites for hydroxylation is 1. The fourth-order valence-corrected chi connectivity index (χ4v) is 3.45. The third kappa shape index (κ3) is 4.84. The molecule has 0 saturated heterocycles. The lowest BCUT2D eigenvalue weighted by atomic mass is 9.78. The lowest BCUT2D eigenvalue weighted by molar-refractivity contribution is -0.116. The van der Waals surface area contributed by atoms with Crippen LogP contribution in [-0.2, 0) is 4.79 Å². The molecular formula is C19H30N2O. The van der Waals surface area contributed by atoms with Gasteiger partial charge in [0, 0.05) is 24.2 Å². The van der Waals surface area contributed by atoms with Crippen molar-refractivity contribution in [2.45, 2.75) is 65.5 Å². The summed E-state index contributed by atoms with van der Waals surface area (Å²) in [6, 6.07) is 8.70. The van der Waals surface area contributed by atoms with E-state index in [1.807, 2.05) is 31.2 Å². The molecule has 0 aromatic heterocycles. The van der Waals surface area contributed by atoms with Gasteiger partial charge in [0.1, 0.15) is 0 Å². The lowest BCUT2D eigenvalue weighted by Gasteiger charge is -2.36. The molecule has 1 aromatic rings. The Labute approximate surface area is 134 Å². The van der Waals surface area contributed by atoms with E-state index in [1.165, 1.54) is 19.3 Å². The molecule has 1 aliphatic rings. The van der Waals surface area contributed by atoms with E-state index in [-0.39, 0.29) is 11.9 Å². The van der Waals surface area contributed by atoms with Crippen molar-refractivity contribution in [3.05, 3.63) is 29.8 Å². The Bertz CT molecular complexity index is 500. The number of anilines is 1. The fourth-order valence-electron chi connectivity index (χ4n) is 3.45. The van der Waals surface area contributed by atoms with Crippen molar-refractivity contribution >= 4 is 11.6 Å². The highest BCUT2D eigenvalue weighted by molar-refractivity contribution is 5.91. The zero-order valence-electron chi connectivity index (χ0n) is 14.4. The van der Waals surface area contributed by atoms with Gasteiger partial charge < -0.3 is 10.6 Å². The molecule has 2 N–H and O–H groups in total. The molecular weight excluding hydrogens is 272 g/mol. The summed E-state index contributed by atoms with van der Waals surface area (Å²) in [5.41, 5.74) is 2.05.